The lowest BCUT2D eigenvalue weighted by Gasteiger charge is -2.22. The van der Waals surface area contributed by atoms with Gasteiger partial charge >= 0.3 is 6.16 Å². The van der Waals surface area contributed by atoms with Crippen LogP contribution in [0.2, 0.25) is 5.02 Å². The van der Waals surface area contributed by atoms with E-state index in [1.54, 1.807) is 12.1 Å². The normalized spacial score (nSPS) is 14.8. The Bertz CT molecular complexity index is 1010. The van der Waals surface area contributed by atoms with Gasteiger partial charge in [-0.15, -0.1) is 0 Å². The molecule has 2 aromatic carbocycles. The van der Waals surface area contributed by atoms with Crippen LogP contribution in [0, 0.1) is 5.92 Å². The number of ether oxygens (including phenoxy) is 2. The first-order chi connectivity index (χ1) is 14.1. The number of hydrogen-bond donors (Lipinski definition) is 1. The summed E-state index contributed by atoms with van der Waals surface area (Å²) in [5.74, 6) is 1.80. The molecule has 0 unspecified atom stereocenters. The van der Waals surface area contributed by atoms with E-state index in [1.807, 2.05) is 41.1 Å². The van der Waals surface area contributed by atoms with Gasteiger partial charge in [-0.2, -0.15) is 0 Å². The second kappa shape index (κ2) is 8.78. The van der Waals surface area contributed by atoms with Gasteiger partial charge in [0.2, 0.25) is 0 Å². The van der Waals surface area contributed by atoms with Crippen LogP contribution < -0.4 is 9.47 Å². The molecule has 0 aliphatic heterocycles. The second-order valence-corrected chi connectivity index (χ2v) is 8.00. The lowest BCUT2D eigenvalue weighted by molar-refractivity contribution is 0.145. The van der Waals surface area contributed by atoms with E-state index < -0.39 is 6.16 Å². The van der Waals surface area contributed by atoms with Crippen molar-refractivity contribution in [2.45, 2.75) is 38.6 Å². The number of rotatable bonds is 6. The van der Waals surface area contributed by atoms with E-state index in [0.29, 0.717) is 23.2 Å². The van der Waals surface area contributed by atoms with Gasteiger partial charge in [0, 0.05) is 22.2 Å². The summed E-state index contributed by atoms with van der Waals surface area (Å²) < 4.78 is 13.1. The van der Waals surface area contributed by atoms with Gasteiger partial charge in [0.1, 0.15) is 11.5 Å². The van der Waals surface area contributed by atoms with Crippen molar-refractivity contribution in [3.63, 3.8) is 0 Å². The summed E-state index contributed by atoms with van der Waals surface area (Å²) in [6.45, 7) is 1.30. The summed E-state index contributed by atoms with van der Waals surface area (Å²) in [6, 6.07) is 13.0. The quantitative estimate of drug-likeness (QED) is 0.377. The fraction of sp³-hybridized carbons (Fsp3) is 0.348. The topological polar surface area (TPSA) is 60.7 Å². The van der Waals surface area contributed by atoms with Crippen molar-refractivity contribution in [3.05, 3.63) is 59.2 Å². The van der Waals surface area contributed by atoms with Gasteiger partial charge in [-0.3, -0.25) is 0 Å². The Morgan fingerprint density at radius 1 is 1.10 bits per heavy atom. The number of hydrogen-bond acceptors (Lipinski definition) is 3. The maximum atomic E-state index is 10.9. The molecular formula is C23H24ClNO4. The molecule has 1 N–H and O–H groups in total. The fourth-order valence-corrected chi connectivity index (χ4v) is 4.27. The van der Waals surface area contributed by atoms with Crippen molar-refractivity contribution >= 4 is 28.7 Å². The van der Waals surface area contributed by atoms with Crippen molar-refractivity contribution in [1.82, 2.24) is 4.57 Å². The first-order valence-electron chi connectivity index (χ1n) is 10.00. The highest BCUT2D eigenvalue weighted by molar-refractivity contribution is 6.30. The standard InChI is InChI=1S/C23H24ClNO4/c24-18-9-10-21(28-15-16-5-2-1-3-6-16)17(13-18)14-25-12-11-19-20(25)7-4-8-22(19)29-23(26)27/h4,7-13,16H,1-3,5-6,14-15H2,(H,26,27). The average Bonchev–Trinajstić information content (AvgIpc) is 3.12. The van der Waals surface area contributed by atoms with Crippen molar-refractivity contribution < 1.29 is 19.4 Å². The number of fused-ring (bicyclic) bond motifs is 1. The Labute approximate surface area is 174 Å². The van der Waals surface area contributed by atoms with Crippen LogP contribution in [-0.2, 0) is 6.54 Å². The lowest BCUT2D eigenvalue weighted by Crippen LogP contribution is -2.16. The molecule has 0 bridgehead atoms. The van der Waals surface area contributed by atoms with Crippen LogP contribution in [-0.4, -0.2) is 22.4 Å². The molecule has 4 rings (SSSR count). The number of aromatic nitrogens is 1. The Hall–Kier alpha value is -2.66. The predicted octanol–water partition coefficient (Wildman–Crippen LogP) is 6.36. The van der Waals surface area contributed by atoms with E-state index in [4.69, 9.17) is 26.2 Å². The second-order valence-electron chi connectivity index (χ2n) is 7.57. The molecule has 1 aliphatic rings. The third kappa shape index (κ3) is 4.67. The summed E-state index contributed by atoms with van der Waals surface area (Å²) in [5.41, 5.74) is 1.89. The summed E-state index contributed by atoms with van der Waals surface area (Å²) in [5, 5.41) is 10.4. The van der Waals surface area contributed by atoms with Crippen molar-refractivity contribution in [2.75, 3.05) is 6.61 Å². The highest BCUT2D eigenvalue weighted by Crippen LogP contribution is 2.31. The summed E-state index contributed by atoms with van der Waals surface area (Å²) in [6.07, 6.45) is 6.98. The van der Waals surface area contributed by atoms with E-state index in [-0.39, 0.29) is 0 Å². The van der Waals surface area contributed by atoms with Gasteiger partial charge in [-0.1, -0.05) is 36.9 Å². The maximum Gasteiger partial charge on any atom is 0.511 e. The molecule has 0 amide bonds. The number of nitrogens with zero attached hydrogens (tertiary/aromatic N) is 1. The molecule has 0 spiro atoms. The molecule has 3 aromatic rings. The Kier molecular flexibility index (Phi) is 5.95. The zero-order valence-corrected chi connectivity index (χ0v) is 16.9. The molecule has 29 heavy (non-hydrogen) atoms. The van der Waals surface area contributed by atoms with Crippen LogP contribution in [0.3, 0.4) is 0 Å². The molecule has 1 saturated carbocycles. The minimum Gasteiger partial charge on any atom is -0.493 e. The first kappa shape index (κ1) is 19.6. The Morgan fingerprint density at radius 3 is 2.72 bits per heavy atom. The molecule has 0 saturated heterocycles. The number of carbonyl (C=O) groups is 1. The average molecular weight is 414 g/mol. The highest BCUT2D eigenvalue weighted by atomic mass is 35.5. The highest BCUT2D eigenvalue weighted by Gasteiger charge is 2.16. The molecule has 1 aromatic heterocycles. The third-order valence-corrected chi connectivity index (χ3v) is 5.77. The number of halogens is 1. The smallest absolute Gasteiger partial charge is 0.493 e. The SMILES string of the molecule is O=C(O)Oc1cccc2c1ccn2Cc1cc(Cl)ccc1OCC1CCCCC1. The van der Waals surface area contributed by atoms with Gasteiger partial charge < -0.3 is 19.1 Å². The van der Waals surface area contributed by atoms with Crippen molar-refractivity contribution in [3.8, 4) is 11.5 Å². The lowest BCUT2D eigenvalue weighted by atomic mass is 9.90. The van der Waals surface area contributed by atoms with Crippen LogP contribution >= 0.6 is 11.6 Å². The van der Waals surface area contributed by atoms with E-state index in [1.165, 1.54) is 32.1 Å². The van der Waals surface area contributed by atoms with E-state index >= 15 is 0 Å². The third-order valence-electron chi connectivity index (χ3n) is 5.53. The maximum absolute atomic E-state index is 10.9. The van der Waals surface area contributed by atoms with Crippen molar-refractivity contribution in [2.24, 2.45) is 5.92 Å². The molecule has 152 valence electrons. The van der Waals surface area contributed by atoms with E-state index in [2.05, 4.69) is 0 Å². The molecule has 0 radical (unpaired) electrons. The van der Waals surface area contributed by atoms with Gasteiger partial charge in [0.15, 0.2) is 0 Å². The van der Waals surface area contributed by atoms with Crippen LogP contribution in [0.25, 0.3) is 10.9 Å². The zero-order chi connectivity index (χ0) is 20.2. The largest absolute Gasteiger partial charge is 0.511 e. The van der Waals surface area contributed by atoms with E-state index in [9.17, 15) is 4.79 Å². The van der Waals surface area contributed by atoms with E-state index in [0.717, 1.165) is 28.8 Å². The zero-order valence-electron chi connectivity index (χ0n) is 16.1. The van der Waals surface area contributed by atoms with Gasteiger partial charge in [-0.25, -0.2) is 4.79 Å². The molecule has 6 heteroatoms. The molecule has 5 nitrogen and oxygen atoms in total. The van der Waals surface area contributed by atoms with Crippen LogP contribution in [0.15, 0.2) is 48.7 Å². The van der Waals surface area contributed by atoms with Gasteiger partial charge in [-0.05, 0) is 55.2 Å². The Morgan fingerprint density at radius 2 is 1.93 bits per heavy atom. The minimum atomic E-state index is -1.32. The summed E-state index contributed by atoms with van der Waals surface area (Å²) in [4.78, 5) is 10.9. The summed E-state index contributed by atoms with van der Waals surface area (Å²) >= 11 is 6.26. The minimum absolute atomic E-state index is 0.327. The predicted molar refractivity (Wildman–Crippen MR) is 113 cm³/mol. The fourth-order valence-electron chi connectivity index (χ4n) is 4.07. The van der Waals surface area contributed by atoms with Gasteiger partial charge in [0.05, 0.1) is 18.7 Å². The first-order valence-corrected chi connectivity index (χ1v) is 10.4. The van der Waals surface area contributed by atoms with Crippen LogP contribution in [0.1, 0.15) is 37.7 Å². The van der Waals surface area contributed by atoms with Crippen LogP contribution in [0.4, 0.5) is 4.79 Å². The molecule has 1 heterocycles. The molecule has 1 aliphatic carbocycles. The Balaban J connectivity index is 1.57. The van der Waals surface area contributed by atoms with Crippen LogP contribution in [0.5, 0.6) is 11.5 Å². The van der Waals surface area contributed by atoms with Gasteiger partial charge in [0.25, 0.3) is 0 Å². The molecule has 0 atom stereocenters. The monoisotopic (exact) mass is 413 g/mol. The summed E-state index contributed by atoms with van der Waals surface area (Å²) in [7, 11) is 0. The molecular weight excluding hydrogens is 390 g/mol. The number of benzene rings is 2. The molecule has 1 fully saturated rings. The number of carboxylic acid groups (broad SMARTS) is 1. The van der Waals surface area contributed by atoms with Crippen molar-refractivity contribution in [1.29, 1.82) is 0 Å².